The third-order valence-electron chi connectivity index (χ3n) is 5.62. The molecule has 0 spiro atoms. The van der Waals surface area contributed by atoms with Crippen LogP contribution in [0.4, 0.5) is 0 Å². The molecule has 0 N–H and O–H groups in total. The Bertz CT molecular complexity index is 950. The molecule has 0 radical (unpaired) electrons. The molecule has 0 aliphatic carbocycles. The molecular formula is C22H22N2O2S. The average Bonchev–Trinajstić information content (AvgIpc) is 3.17. The Morgan fingerprint density at radius 2 is 2.00 bits per heavy atom. The van der Waals surface area contributed by atoms with Crippen LogP contribution < -0.4 is 4.74 Å². The minimum atomic E-state index is -0.0750. The maximum atomic E-state index is 13.1. The molecule has 2 aliphatic heterocycles. The van der Waals surface area contributed by atoms with Crippen molar-refractivity contribution < 1.29 is 9.53 Å². The van der Waals surface area contributed by atoms with Crippen LogP contribution in [-0.2, 0) is 11.2 Å². The standard InChI is InChI=1S/C22H22N2O2S/c25-22(17-12-15-6-1-3-9-19(15)26-14-17)24-11-5-7-16(13-24)21-23-18-8-2-4-10-20(18)27-21/h1-4,6,8-10,16-17H,5,7,11-14H2/t16-,17+/m0/s1. The second-order valence-electron chi connectivity index (χ2n) is 7.46. The van der Waals surface area contributed by atoms with E-state index in [-0.39, 0.29) is 11.8 Å². The van der Waals surface area contributed by atoms with Crippen molar-refractivity contribution in [3.05, 3.63) is 59.1 Å². The van der Waals surface area contributed by atoms with Gasteiger partial charge in [0.2, 0.25) is 5.91 Å². The fourth-order valence-electron chi connectivity index (χ4n) is 4.19. The molecule has 3 aromatic rings. The van der Waals surface area contributed by atoms with Crippen molar-refractivity contribution in [3.63, 3.8) is 0 Å². The predicted molar refractivity (Wildman–Crippen MR) is 107 cm³/mol. The van der Waals surface area contributed by atoms with Crippen LogP contribution in [-0.4, -0.2) is 35.5 Å². The summed E-state index contributed by atoms with van der Waals surface area (Å²) in [6.45, 7) is 2.10. The molecule has 1 fully saturated rings. The number of amides is 1. The highest BCUT2D eigenvalue weighted by molar-refractivity contribution is 7.18. The lowest BCUT2D eigenvalue weighted by Crippen LogP contribution is -2.45. The topological polar surface area (TPSA) is 42.4 Å². The summed E-state index contributed by atoms with van der Waals surface area (Å²) < 4.78 is 7.07. The summed E-state index contributed by atoms with van der Waals surface area (Å²) >= 11 is 1.77. The Kier molecular flexibility index (Phi) is 4.32. The first-order valence-corrected chi connectivity index (χ1v) is 10.4. The molecule has 3 heterocycles. The Hall–Kier alpha value is -2.40. The van der Waals surface area contributed by atoms with Gasteiger partial charge in [-0.3, -0.25) is 4.79 Å². The van der Waals surface area contributed by atoms with E-state index >= 15 is 0 Å². The van der Waals surface area contributed by atoms with Gasteiger partial charge in [0.05, 0.1) is 21.1 Å². The van der Waals surface area contributed by atoms with Gasteiger partial charge < -0.3 is 9.64 Å². The lowest BCUT2D eigenvalue weighted by atomic mass is 9.93. The van der Waals surface area contributed by atoms with E-state index in [4.69, 9.17) is 9.72 Å². The summed E-state index contributed by atoms with van der Waals surface area (Å²) in [4.78, 5) is 20.0. The summed E-state index contributed by atoms with van der Waals surface area (Å²) in [6.07, 6.45) is 2.92. The van der Waals surface area contributed by atoms with Crippen LogP contribution in [0.5, 0.6) is 5.75 Å². The zero-order chi connectivity index (χ0) is 18.2. The lowest BCUT2D eigenvalue weighted by Gasteiger charge is -2.35. The molecule has 0 unspecified atom stereocenters. The van der Waals surface area contributed by atoms with Crippen LogP contribution in [0, 0.1) is 5.92 Å². The number of hydrogen-bond acceptors (Lipinski definition) is 4. The normalized spacial score (nSPS) is 22.3. The molecule has 5 rings (SSSR count). The molecule has 4 nitrogen and oxygen atoms in total. The molecule has 2 aliphatic rings. The highest BCUT2D eigenvalue weighted by Gasteiger charge is 2.33. The van der Waals surface area contributed by atoms with Crippen LogP contribution in [0.1, 0.15) is 29.3 Å². The molecule has 0 bridgehead atoms. The SMILES string of the molecule is O=C([C@H]1COc2ccccc2C1)N1CCC[C@H](c2nc3ccccc3s2)C1. The molecule has 1 saturated heterocycles. The van der Waals surface area contributed by atoms with Gasteiger partial charge in [-0.15, -0.1) is 11.3 Å². The van der Waals surface area contributed by atoms with E-state index in [1.807, 2.05) is 29.2 Å². The van der Waals surface area contributed by atoms with Crippen LogP contribution >= 0.6 is 11.3 Å². The van der Waals surface area contributed by atoms with Crippen molar-refractivity contribution in [1.29, 1.82) is 0 Å². The van der Waals surface area contributed by atoms with Gasteiger partial charge in [-0.25, -0.2) is 4.98 Å². The monoisotopic (exact) mass is 378 g/mol. The number of fused-ring (bicyclic) bond motifs is 2. The van der Waals surface area contributed by atoms with Gasteiger partial charge in [0.15, 0.2) is 0 Å². The Labute approximate surface area is 162 Å². The van der Waals surface area contributed by atoms with E-state index < -0.39 is 0 Å². The lowest BCUT2D eigenvalue weighted by molar-refractivity contribution is -0.138. The van der Waals surface area contributed by atoms with Crippen molar-refractivity contribution in [2.75, 3.05) is 19.7 Å². The summed E-state index contributed by atoms with van der Waals surface area (Å²) in [7, 11) is 0. The Balaban J connectivity index is 1.31. The second kappa shape index (κ2) is 6.97. The summed E-state index contributed by atoms with van der Waals surface area (Å²) in [6, 6.07) is 16.3. The van der Waals surface area contributed by atoms with Gasteiger partial charge in [-0.2, -0.15) is 0 Å². The van der Waals surface area contributed by atoms with Gasteiger partial charge in [0, 0.05) is 19.0 Å². The maximum absolute atomic E-state index is 13.1. The summed E-state index contributed by atoms with van der Waals surface area (Å²) in [5.41, 5.74) is 2.21. The number of carbonyl (C=O) groups is 1. The number of nitrogens with zero attached hydrogens (tertiary/aromatic N) is 2. The zero-order valence-electron chi connectivity index (χ0n) is 15.1. The van der Waals surface area contributed by atoms with Crippen molar-refractivity contribution >= 4 is 27.5 Å². The van der Waals surface area contributed by atoms with Gasteiger partial charge >= 0.3 is 0 Å². The van der Waals surface area contributed by atoms with Crippen LogP contribution in [0.2, 0.25) is 0 Å². The number of benzene rings is 2. The van der Waals surface area contributed by atoms with Crippen LogP contribution in [0.25, 0.3) is 10.2 Å². The minimum absolute atomic E-state index is 0.0750. The molecule has 2 aromatic carbocycles. The fraction of sp³-hybridized carbons (Fsp3) is 0.364. The quantitative estimate of drug-likeness (QED) is 0.669. The Morgan fingerprint density at radius 3 is 2.93 bits per heavy atom. The van der Waals surface area contributed by atoms with Gasteiger partial charge in [-0.05, 0) is 43.0 Å². The highest BCUT2D eigenvalue weighted by atomic mass is 32.1. The maximum Gasteiger partial charge on any atom is 0.229 e. The number of rotatable bonds is 2. The third kappa shape index (κ3) is 3.21. The number of hydrogen-bond donors (Lipinski definition) is 0. The van der Waals surface area contributed by atoms with Crippen LogP contribution in [0.3, 0.4) is 0 Å². The molecular weight excluding hydrogens is 356 g/mol. The first-order valence-electron chi connectivity index (χ1n) is 9.63. The van der Waals surface area contributed by atoms with E-state index in [1.165, 1.54) is 9.71 Å². The number of piperidine rings is 1. The number of para-hydroxylation sites is 2. The van der Waals surface area contributed by atoms with Crippen molar-refractivity contribution in [2.24, 2.45) is 5.92 Å². The van der Waals surface area contributed by atoms with E-state index in [0.29, 0.717) is 12.5 Å². The van der Waals surface area contributed by atoms with Crippen molar-refractivity contribution in [1.82, 2.24) is 9.88 Å². The molecule has 0 saturated carbocycles. The number of likely N-dealkylation sites (tertiary alicyclic amines) is 1. The van der Waals surface area contributed by atoms with Gasteiger partial charge in [0.1, 0.15) is 12.4 Å². The number of ether oxygens (including phenoxy) is 1. The summed E-state index contributed by atoms with van der Waals surface area (Å²) in [5, 5.41) is 1.17. The second-order valence-corrected chi connectivity index (χ2v) is 8.53. The minimum Gasteiger partial charge on any atom is -0.492 e. The number of aromatic nitrogens is 1. The molecule has 1 aromatic heterocycles. The third-order valence-corrected chi connectivity index (χ3v) is 6.82. The smallest absolute Gasteiger partial charge is 0.229 e. The average molecular weight is 378 g/mol. The van der Waals surface area contributed by atoms with Crippen LogP contribution in [0.15, 0.2) is 48.5 Å². The van der Waals surface area contributed by atoms with E-state index in [9.17, 15) is 4.79 Å². The molecule has 138 valence electrons. The molecule has 5 heteroatoms. The molecule has 2 atom stereocenters. The molecule has 1 amide bonds. The van der Waals surface area contributed by atoms with E-state index in [2.05, 4.69) is 24.3 Å². The number of thiazole rings is 1. The summed E-state index contributed by atoms with van der Waals surface area (Å²) in [5.74, 6) is 1.42. The Morgan fingerprint density at radius 1 is 1.15 bits per heavy atom. The fourth-order valence-corrected chi connectivity index (χ4v) is 5.28. The largest absolute Gasteiger partial charge is 0.492 e. The van der Waals surface area contributed by atoms with Gasteiger partial charge in [-0.1, -0.05) is 30.3 Å². The van der Waals surface area contributed by atoms with Crippen molar-refractivity contribution in [3.8, 4) is 5.75 Å². The van der Waals surface area contributed by atoms with Gasteiger partial charge in [0.25, 0.3) is 0 Å². The van der Waals surface area contributed by atoms with E-state index in [0.717, 1.165) is 49.2 Å². The highest BCUT2D eigenvalue weighted by Crippen LogP contribution is 2.34. The predicted octanol–water partition coefficient (Wildman–Crippen LogP) is 4.25. The van der Waals surface area contributed by atoms with E-state index in [1.54, 1.807) is 11.3 Å². The zero-order valence-corrected chi connectivity index (χ0v) is 16.0. The number of carbonyl (C=O) groups excluding carboxylic acids is 1. The molecule has 27 heavy (non-hydrogen) atoms. The van der Waals surface area contributed by atoms with Crippen molar-refractivity contribution in [2.45, 2.75) is 25.2 Å². The first kappa shape index (κ1) is 16.8. The first-order chi connectivity index (χ1) is 13.3.